The molecule has 9 heteroatoms. The standard InChI is InChI=1S/C22H29N5O3S/c1-14(28)24-22-25-18(9-6-15-4-7-17(23)8-5-15)19(31-22)21(30)27-12-10-16(11-13-27)20(29)26(2)3/h4-5,7-8,16H,6,9-13,23H2,1-3H3,(H,24,25,28). The van der Waals surface area contributed by atoms with Crippen LogP contribution < -0.4 is 11.1 Å². The van der Waals surface area contributed by atoms with Crippen molar-refractivity contribution in [3.8, 4) is 0 Å². The summed E-state index contributed by atoms with van der Waals surface area (Å²) in [6.45, 7) is 2.49. The number of benzene rings is 1. The van der Waals surface area contributed by atoms with Gasteiger partial charge in [0.2, 0.25) is 11.8 Å². The number of likely N-dealkylation sites (tertiary alicyclic amines) is 1. The molecular formula is C22H29N5O3S. The highest BCUT2D eigenvalue weighted by molar-refractivity contribution is 7.17. The molecule has 0 unspecified atom stereocenters. The van der Waals surface area contributed by atoms with Crippen molar-refractivity contribution in [2.24, 2.45) is 5.92 Å². The van der Waals surface area contributed by atoms with E-state index in [1.165, 1.54) is 18.3 Å². The Hall–Kier alpha value is -2.94. The summed E-state index contributed by atoms with van der Waals surface area (Å²) in [5.41, 5.74) is 8.24. The molecule has 1 aliphatic heterocycles. The maximum Gasteiger partial charge on any atom is 0.265 e. The van der Waals surface area contributed by atoms with Gasteiger partial charge in [-0.1, -0.05) is 23.5 Å². The van der Waals surface area contributed by atoms with Gasteiger partial charge in [0.15, 0.2) is 5.13 Å². The van der Waals surface area contributed by atoms with E-state index in [9.17, 15) is 14.4 Å². The van der Waals surface area contributed by atoms with E-state index in [2.05, 4.69) is 10.3 Å². The Morgan fingerprint density at radius 3 is 2.39 bits per heavy atom. The van der Waals surface area contributed by atoms with Crippen LogP contribution in [0.25, 0.3) is 0 Å². The Morgan fingerprint density at radius 1 is 1.16 bits per heavy atom. The number of amides is 3. The van der Waals surface area contributed by atoms with Crippen LogP contribution in [0.15, 0.2) is 24.3 Å². The number of anilines is 2. The van der Waals surface area contributed by atoms with Crippen LogP contribution in [0, 0.1) is 5.92 Å². The second kappa shape index (κ2) is 9.91. The largest absolute Gasteiger partial charge is 0.399 e. The predicted octanol–water partition coefficient (Wildman–Crippen LogP) is 2.41. The van der Waals surface area contributed by atoms with Crippen molar-refractivity contribution in [3.05, 3.63) is 40.4 Å². The lowest BCUT2D eigenvalue weighted by molar-refractivity contribution is -0.134. The van der Waals surface area contributed by atoms with Gasteiger partial charge in [-0.05, 0) is 43.4 Å². The lowest BCUT2D eigenvalue weighted by Crippen LogP contribution is -2.42. The van der Waals surface area contributed by atoms with Crippen LogP contribution in [0.2, 0.25) is 0 Å². The van der Waals surface area contributed by atoms with Gasteiger partial charge < -0.3 is 20.9 Å². The smallest absolute Gasteiger partial charge is 0.265 e. The third-order valence-electron chi connectivity index (χ3n) is 5.38. The van der Waals surface area contributed by atoms with Crippen LogP contribution in [0.5, 0.6) is 0 Å². The number of nitrogen functional groups attached to an aromatic ring is 1. The highest BCUT2D eigenvalue weighted by Gasteiger charge is 2.30. The molecule has 3 amide bonds. The van der Waals surface area contributed by atoms with Crippen molar-refractivity contribution in [2.75, 3.05) is 38.2 Å². The minimum absolute atomic E-state index is 0.0413. The van der Waals surface area contributed by atoms with E-state index in [1.807, 2.05) is 24.3 Å². The number of piperidine rings is 1. The summed E-state index contributed by atoms with van der Waals surface area (Å²) in [5.74, 6) is -0.236. The molecule has 1 saturated heterocycles. The highest BCUT2D eigenvalue weighted by Crippen LogP contribution is 2.28. The number of rotatable bonds is 6. The highest BCUT2D eigenvalue weighted by atomic mass is 32.1. The van der Waals surface area contributed by atoms with Gasteiger partial charge in [-0.25, -0.2) is 4.98 Å². The fourth-order valence-electron chi connectivity index (χ4n) is 3.68. The topological polar surface area (TPSA) is 109 Å². The summed E-state index contributed by atoms with van der Waals surface area (Å²) in [7, 11) is 3.52. The zero-order chi connectivity index (χ0) is 22.5. The average molecular weight is 444 g/mol. The average Bonchev–Trinajstić information content (AvgIpc) is 3.14. The monoisotopic (exact) mass is 443 g/mol. The SMILES string of the molecule is CC(=O)Nc1nc(CCc2ccc(N)cc2)c(C(=O)N2CCC(C(=O)N(C)C)CC2)s1. The third kappa shape index (κ3) is 5.81. The van der Waals surface area contributed by atoms with Crippen LogP contribution in [0.4, 0.5) is 10.8 Å². The third-order valence-corrected chi connectivity index (χ3v) is 6.38. The van der Waals surface area contributed by atoms with Gasteiger partial charge in [-0.2, -0.15) is 0 Å². The summed E-state index contributed by atoms with van der Waals surface area (Å²) in [6.07, 6.45) is 2.60. The minimum atomic E-state index is -0.221. The molecule has 166 valence electrons. The van der Waals surface area contributed by atoms with Crippen molar-refractivity contribution < 1.29 is 14.4 Å². The van der Waals surface area contributed by atoms with Gasteiger partial charge in [0.05, 0.1) is 5.69 Å². The number of nitrogens with zero attached hydrogens (tertiary/aromatic N) is 3. The lowest BCUT2D eigenvalue weighted by Gasteiger charge is -2.32. The molecule has 0 atom stereocenters. The number of hydrogen-bond donors (Lipinski definition) is 2. The van der Waals surface area contributed by atoms with Gasteiger partial charge in [0.25, 0.3) is 5.91 Å². The van der Waals surface area contributed by atoms with E-state index in [0.29, 0.717) is 60.2 Å². The molecule has 0 bridgehead atoms. The number of aromatic nitrogens is 1. The predicted molar refractivity (Wildman–Crippen MR) is 122 cm³/mol. The summed E-state index contributed by atoms with van der Waals surface area (Å²) in [4.78, 5) is 45.4. The molecule has 3 rings (SSSR count). The van der Waals surface area contributed by atoms with Gasteiger partial charge in [-0.15, -0.1) is 0 Å². The van der Waals surface area contributed by atoms with Gasteiger partial charge in [0, 0.05) is 45.7 Å². The Balaban J connectivity index is 1.73. The molecule has 2 aromatic rings. The number of carbonyl (C=O) groups is 3. The number of nitrogens with two attached hydrogens (primary N) is 1. The fraction of sp³-hybridized carbons (Fsp3) is 0.455. The van der Waals surface area contributed by atoms with Gasteiger partial charge in [0.1, 0.15) is 4.88 Å². The van der Waals surface area contributed by atoms with Crippen LogP contribution in [0.1, 0.15) is 40.7 Å². The minimum Gasteiger partial charge on any atom is -0.399 e. The summed E-state index contributed by atoms with van der Waals surface area (Å²) in [5, 5.41) is 3.13. The second-order valence-corrected chi connectivity index (χ2v) is 9.02. The normalized spacial score (nSPS) is 14.4. The zero-order valence-corrected chi connectivity index (χ0v) is 19.0. The van der Waals surface area contributed by atoms with E-state index in [1.54, 1.807) is 23.9 Å². The molecule has 1 fully saturated rings. The van der Waals surface area contributed by atoms with E-state index in [0.717, 1.165) is 5.56 Å². The number of hydrogen-bond acceptors (Lipinski definition) is 6. The molecule has 1 aliphatic rings. The molecule has 8 nitrogen and oxygen atoms in total. The Morgan fingerprint density at radius 2 is 1.81 bits per heavy atom. The Labute approximate surface area is 186 Å². The van der Waals surface area contributed by atoms with Crippen molar-refractivity contribution in [3.63, 3.8) is 0 Å². The molecule has 1 aromatic heterocycles. The molecule has 0 spiro atoms. The number of aryl methyl sites for hydroxylation is 2. The maximum absolute atomic E-state index is 13.3. The molecule has 0 radical (unpaired) electrons. The molecule has 0 saturated carbocycles. The van der Waals surface area contributed by atoms with E-state index < -0.39 is 0 Å². The Kier molecular flexibility index (Phi) is 7.27. The number of thiazole rings is 1. The van der Waals surface area contributed by atoms with E-state index in [-0.39, 0.29) is 23.6 Å². The Bertz CT molecular complexity index is 947. The van der Waals surface area contributed by atoms with Crippen molar-refractivity contribution in [1.82, 2.24) is 14.8 Å². The first kappa shape index (κ1) is 22.7. The lowest BCUT2D eigenvalue weighted by atomic mass is 9.95. The van der Waals surface area contributed by atoms with Crippen LogP contribution in [-0.4, -0.2) is 59.7 Å². The van der Waals surface area contributed by atoms with Crippen LogP contribution in [0.3, 0.4) is 0 Å². The van der Waals surface area contributed by atoms with E-state index in [4.69, 9.17) is 5.73 Å². The van der Waals surface area contributed by atoms with Crippen molar-refractivity contribution in [2.45, 2.75) is 32.6 Å². The van der Waals surface area contributed by atoms with Crippen molar-refractivity contribution >= 4 is 39.9 Å². The first-order chi connectivity index (χ1) is 14.7. The van der Waals surface area contributed by atoms with E-state index >= 15 is 0 Å². The summed E-state index contributed by atoms with van der Waals surface area (Å²) < 4.78 is 0. The molecule has 2 heterocycles. The summed E-state index contributed by atoms with van der Waals surface area (Å²) in [6, 6.07) is 7.63. The first-order valence-electron chi connectivity index (χ1n) is 10.4. The number of nitrogens with one attached hydrogen (secondary N) is 1. The second-order valence-electron chi connectivity index (χ2n) is 8.02. The maximum atomic E-state index is 13.3. The quantitative estimate of drug-likeness (QED) is 0.667. The van der Waals surface area contributed by atoms with Gasteiger partial charge >= 0.3 is 0 Å². The molecular weight excluding hydrogens is 414 g/mol. The molecule has 31 heavy (non-hydrogen) atoms. The van der Waals surface area contributed by atoms with Crippen LogP contribution in [-0.2, 0) is 22.4 Å². The summed E-state index contributed by atoms with van der Waals surface area (Å²) >= 11 is 1.21. The fourth-order valence-corrected chi connectivity index (χ4v) is 4.70. The molecule has 3 N–H and O–H groups in total. The molecule has 0 aliphatic carbocycles. The molecule has 1 aromatic carbocycles. The van der Waals surface area contributed by atoms with Crippen molar-refractivity contribution in [1.29, 1.82) is 0 Å². The van der Waals surface area contributed by atoms with Gasteiger partial charge in [-0.3, -0.25) is 14.4 Å². The number of carbonyl (C=O) groups excluding carboxylic acids is 3. The first-order valence-corrected chi connectivity index (χ1v) is 11.2. The zero-order valence-electron chi connectivity index (χ0n) is 18.2. The van der Waals surface area contributed by atoms with Crippen LogP contribution >= 0.6 is 11.3 Å².